The quantitative estimate of drug-likeness (QED) is 0.595. The number of carbonyl (C=O) groups excluding carboxylic acids is 2. The molecule has 7 heteroatoms. The molecule has 5 nitrogen and oxygen atoms in total. The lowest BCUT2D eigenvalue weighted by Gasteiger charge is -2.11. The van der Waals surface area contributed by atoms with Crippen molar-refractivity contribution in [2.75, 3.05) is 17.6 Å². The molecule has 0 fully saturated rings. The first-order valence-electron chi connectivity index (χ1n) is 8.57. The minimum Gasteiger partial charge on any atom is -0.399 e. The fraction of sp³-hybridized carbons (Fsp3) is 0.300. The van der Waals surface area contributed by atoms with Gasteiger partial charge in [-0.1, -0.05) is 43.6 Å². The Hall–Kier alpha value is -2.24. The summed E-state index contributed by atoms with van der Waals surface area (Å²) in [7, 11) is 0. The van der Waals surface area contributed by atoms with Crippen LogP contribution in [0.1, 0.15) is 36.2 Å². The maximum absolute atomic E-state index is 12.1. The van der Waals surface area contributed by atoms with Crippen molar-refractivity contribution in [3.05, 3.63) is 58.6 Å². The highest BCUT2D eigenvalue weighted by Gasteiger charge is 2.12. The normalized spacial score (nSPS) is 10.2. The first-order valence-corrected chi connectivity index (χ1v) is 8.95. The average Bonchev–Trinajstić information content (AvgIpc) is 2.59. The number of aryl methyl sites for hydroxylation is 1. The van der Waals surface area contributed by atoms with Crippen molar-refractivity contribution >= 4 is 47.2 Å². The number of nitrogens with one attached hydrogen (secondary N) is 2. The molecular formula is C20H25Cl2N3O2. The van der Waals surface area contributed by atoms with Gasteiger partial charge in [0.05, 0.1) is 10.6 Å². The lowest BCUT2D eigenvalue weighted by Crippen LogP contribution is -2.27. The number of carbonyl (C=O) groups is 2. The average molecular weight is 410 g/mol. The maximum atomic E-state index is 12.1. The second-order valence-corrected chi connectivity index (χ2v) is 6.95. The maximum Gasteiger partial charge on any atom is 0.252 e. The number of anilines is 2. The van der Waals surface area contributed by atoms with E-state index in [9.17, 15) is 9.59 Å². The minimum atomic E-state index is -0.221. The van der Waals surface area contributed by atoms with E-state index in [0.717, 1.165) is 5.56 Å². The van der Waals surface area contributed by atoms with Gasteiger partial charge in [-0.15, -0.1) is 12.4 Å². The fourth-order valence-electron chi connectivity index (χ4n) is 2.40. The van der Waals surface area contributed by atoms with Gasteiger partial charge in [-0.25, -0.2) is 0 Å². The summed E-state index contributed by atoms with van der Waals surface area (Å²) < 4.78 is 0. The molecule has 0 spiro atoms. The summed E-state index contributed by atoms with van der Waals surface area (Å²) in [5.74, 6) is -0.00241. The molecule has 2 rings (SSSR count). The van der Waals surface area contributed by atoms with Crippen LogP contribution in [-0.4, -0.2) is 18.4 Å². The smallest absolute Gasteiger partial charge is 0.252 e. The highest BCUT2D eigenvalue weighted by Crippen LogP contribution is 2.21. The van der Waals surface area contributed by atoms with Gasteiger partial charge >= 0.3 is 0 Å². The van der Waals surface area contributed by atoms with Crippen molar-refractivity contribution in [2.24, 2.45) is 5.92 Å². The predicted octanol–water partition coefficient (Wildman–Crippen LogP) is 4.30. The number of rotatable bonds is 7. The molecule has 0 unspecified atom stereocenters. The van der Waals surface area contributed by atoms with E-state index in [2.05, 4.69) is 10.6 Å². The molecule has 2 aromatic carbocycles. The van der Waals surface area contributed by atoms with Gasteiger partial charge in [0.25, 0.3) is 5.91 Å². The Labute approximate surface area is 171 Å². The van der Waals surface area contributed by atoms with Gasteiger partial charge in [0.2, 0.25) is 5.91 Å². The van der Waals surface area contributed by atoms with Crippen LogP contribution in [0, 0.1) is 5.92 Å². The molecule has 0 saturated heterocycles. The molecule has 0 aliphatic rings. The van der Waals surface area contributed by atoms with E-state index in [1.54, 1.807) is 18.2 Å². The Morgan fingerprint density at radius 3 is 2.48 bits per heavy atom. The van der Waals surface area contributed by atoms with Gasteiger partial charge in [0.1, 0.15) is 0 Å². The van der Waals surface area contributed by atoms with E-state index < -0.39 is 0 Å². The van der Waals surface area contributed by atoms with Crippen LogP contribution in [0.2, 0.25) is 5.02 Å². The summed E-state index contributed by atoms with van der Waals surface area (Å²) in [4.78, 5) is 24.2. The Kier molecular flexibility index (Phi) is 9.12. The van der Waals surface area contributed by atoms with Crippen LogP contribution in [0.4, 0.5) is 11.4 Å². The van der Waals surface area contributed by atoms with E-state index in [4.69, 9.17) is 17.3 Å². The van der Waals surface area contributed by atoms with Gasteiger partial charge in [-0.05, 0) is 42.2 Å². The molecule has 4 N–H and O–H groups in total. The van der Waals surface area contributed by atoms with E-state index in [-0.39, 0.29) is 24.2 Å². The molecular weight excluding hydrogens is 385 g/mol. The molecule has 2 amide bonds. The minimum absolute atomic E-state index is 0. The van der Waals surface area contributed by atoms with Gasteiger partial charge in [-0.2, -0.15) is 0 Å². The predicted molar refractivity (Wildman–Crippen MR) is 114 cm³/mol. The molecule has 0 radical (unpaired) electrons. The van der Waals surface area contributed by atoms with E-state index >= 15 is 0 Å². The molecule has 27 heavy (non-hydrogen) atoms. The fourth-order valence-corrected chi connectivity index (χ4v) is 2.67. The molecule has 0 bridgehead atoms. The zero-order chi connectivity index (χ0) is 19.1. The van der Waals surface area contributed by atoms with Crippen LogP contribution in [0.3, 0.4) is 0 Å². The SMILES string of the molecule is CC(C)CNC(=O)c1ccc(NC(=O)CCc2ccccc2N)cc1Cl.Cl. The summed E-state index contributed by atoms with van der Waals surface area (Å²) in [6, 6.07) is 12.3. The standard InChI is InChI=1S/C20H24ClN3O2.ClH/c1-13(2)12-23-20(26)16-9-8-15(11-17(16)21)24-19(25)10-7-14-5-3-4-6-18(14)22;/h3-6,8-9,11,13H,7,10,12,22H2,1-2H3,(H,23,26)(H,24,25);1H. The van der Waals surface area contributed by atoms with Crippen molar-refractivity contribution < 1.29 is 9.59 Å². The third-order valence-corrected chi connectivity index (χ3v) is 4.16. The highest BCUT2D eigenvalue weighted by atomic mass is 35.5. The molecule has 2 aromatic rings. The molecule has 0 heterocycles. The number of amides is 2. The third kappa shape index (κ3) is 7.12. The van der Waals surface area contributed by atoms with Crippen molar-refractivity contribution in [1.29, 1.82) is 0 Å². The zero-order valence-electron chi connectivity index (χ0n) is 15.4. The van der Waals surface area contributed by atoms with Crippen LogP contribution < -0.4 is 16.4 Å². The van der Waals surface area contributed by atoms with Crippen LogP contribution in [-0.2, 0) is 11.2 Å². The summed E-state index contributed by atoms with van der Waals surface area (Å²) in [5, 5.41) is 5.92. The summed E-state index contributed by atoms with van der Waals surface area (Å²) in [6.45, 7) is 4.61. The number of halogens is 2. The summed E-state index contributed by atoms with van der Waals surface area (Å²) in [5.41, 5.74) is 8.45. The number of hydrogen-bond acceptors (Lipinski definition) is 3. The topological polar surface area (TPSA) is 84.2 Å². The van der Waals surface area contributed by atoms with Gasteiger partial charge in [0, 0.05) is 24.3 Å². The van der Waals surface area contributed by atoms with Gasteiger partial charge in [-0.3, -0.25) is 9.59 Å². The lowest BCUT2D eigenvalue weighted by atomic mass is 10.1. The zero-order valence-corrected chi connectivity index (χ0v) is 17.0. The van der Waals surface area contributed by atoms with E-state index in [0.29, 0.717) is 47.3 Å². The highest BCUT2D eigenvalue weighted by molar-refractivity contribution is 6.34. The van der Waals surface area contributed by atoms with Crippen LogP contribution >= 0.6 is 24.0 Å². The first kappa shape index (κ1) is 22.8. The van der Waals surface area contributed by atoms with Crippen molar-refractivity contribution in [2.45, 2.75) is 26.7 Å². The lowest BCUT2D eigenvalue weighted by molar-refractivity contribution is -0.116. The number of benzene rings is 2. The molecule has 0 aliphatic carbocycles. The summed E-state index contributed by atoms with van der Waals surface area (Å²) in [6.07, 6.45) is 0.865. The van der Waals surface area contributed by atoms with Gasteiger partial charge < -0.3 is 16.4 Å². The largest absolute Gasteiger partial charge is 0.399 e. The van der Waals surface area contributed by atoms with Crippen LogP contribution in [0.5, 0.6) is 0 Å². The number of hydrogen-bond donors (Lipinski definition) is 3. The number of nitrogens with two attached hydrogens (primary N) is 1. The molecule has 0 atom stereocenters. The van der Waals surface area contributed by atoms with Crippen LogP contribution in [0.25, 0.3) is 0 Å². The third-order valence-electron chi connectivity index (χ3n) is 3.84. The van der Waals surface area contributed by atoms with Crippen molar-refractivity contribution in [3.8, 4) is 0 Å². The first-order chi connectivity index (χ1) is 12.4. The second kappa shape index (κ2) is 10.8. The number of para-hydroxylation sites is 1. The Bertz CT molecular complexity index is 795. The Morgan fingerprint density at radius 1 is 1.15 bits per heavy atom. The Balaban J connectivity index is 0.00000364. The van der Waals surface area contributed by atoms with E-state index in [1.165, 1.54) is 0 Å². The second-order valence-electron chi connectivity index (χ2n) is 6.55. The van der Waals surface area contributed by atoms with Gasteiger partial charge in [0.15, 0.2) is 0 Å². The molecule has 0 aromatic heterocycles. The monoisotopic (exact) mass is 409 g/mol. The molecule has 0 saturated carbocycles. The molecule has 146 valence electrons. The molecule has 0 aliphatic heterocycles. The number of nitrogen functional groups attached to an aromatic ring is 1. The summed E-state index contributed by atoms with van der Waals surface area (Å²) >= 11 is 6.19. The van der Waals surface area contributed by atoms with Crippen molar-refractivity contribution in [1.82, 2.24) is 5.32 Å². The van der Waals surface area contributed by atoms with Crippen LogP contribution in [0.15, 0.2) is 42.5 Å². The Morgan fingerprint density at radius 2 is 1.85 bits per heavy atom. The van der Waals surface area contributed by atoms with E-state index in [1.807, 2.05) is 38.1 Å². The van der Waals surface area contributed by atoms with Crippen molar-refractivity contribution in [3.63, 3.8) is 0 Å².